The second kappa shape index (κ2) is 12.4. The average molecular weight is 301 g/mol. The fourth-order valence-electron chi connectivity index (χ4n) is 1.55. The van der Waals surface area contributed by atoms with Gasteiger partial charge in [-0.15, -0.1) is 0 Å². The van der Waals surface area contributed by atoms with Crippen molar-refractivity contribution in [2.24, 2.45) is 16.8 Å². The van der Waals surface area contributed by atoms with Crippen LogP contribution in [-0.4, -0.2) is 51.9 Å². The summed E-state index contributed by atoms with van der Waals surface area (Å²) in [4.78, 5) is 15.7. The van der Waals surface area contributed by atoms with Crippen molar-refractivity contribution >= 4 is 11.9 Å². The number of aliphatic imine (C=N–C) groups is 1. The molecule has 0 saturated heterocycles. The third kappa shape index (κ3) is 11.1. The minimum absolute atomic E-state index is 0.236. The Kier molecular flexibility index (Phi) is 11.7. The van der Waals surface area contributed by atoms with Crippen molar-refractivity contribution in [3.05, 3.63) is 0 Å². The minimum atomic E-state index is -0.239. The van der Waals surface area contributed by atoms with Crippen molar-refractivity contribution in [3.8, 4) is 0 Å². The molecule has 0 aromatic rings. The third-order valence-corrected chi connectivity index (χ3v) is 2.68. The second-order valence-corrected chi connectivity index (χ2v) is 5.39. The lowest BCUT2D eigenvalue weighted by Crippen LogP contribution is -2.38. The highest BCUT2D eigenvalue weighted by Crippen LogP contribution is 1.98. The summed E-state index contributed by atoms with van der Waals surface area (Å²) in [6, 6.07) is 0. The van der Waals surface area contributed by atoms with E-state index < -0.39 is 0 Å². The molecule has 0 aliphatic heterocycles. The summed E-state index contributed by atoms with van der Waals surface area (Å²) < 4.78 is 10.2. The molecule has 0 aliphatic carbocycles. The van der Waals surface area contributed by atoms with Gasteiger partial charge in [0.15, 0.2) is 5.96 Å². The number of guanidine groups is 1. The first-order valence-corrected chi connectivity index (χ1v) is 7.69. The fourth-order valence-corrected chi connectivity index (χ4v) is 1.55. The van der Waals surface area contributed by atoms with E-state index in [1.807, 2.05) is 6.92 Å². The van der Waals surface area contributed by atoms with Crippen LogP contribution in [-0.2, 0) is 14.3 Å². The van der Waals surface area contributed by atoms with Crippen LogP contribution in [0.3, 0.4) is 0 Å². The zero-order valence-corrected chi connectivity index (χ0v) is 14.1. The summed E-state index contributed by atoms with van der Waals surface area (Å²) in [7, 11) is 1.39. The number of carbonyl (C=O) groups is 1. The number of hydrogen-bond acceptors (Lipinski definition) is 4. The molecule has 0 aliphatic rings. The molecule has 0 amide bonds. The smallest absolute Gasteiger partial charge is 0.310 e. The van der Waals surface area contributed by atoms with Gasteiger partial charge in [0.2, 0.25) is 0 Å². The van der Waals surface area contributed by atoms with Gasteiger partial charge < -0.3 is 20.1 Å². The van der Waals surface area contributed by atoms with Gasteiger partial charge in [-0.1, -0.05) is 20.8 Å². The topological polar surface area (TPSA) is 72.0 Å². The molecule has 0 fully saturated rings. The van der Waals surface area contributed by atoms with Gasteiger partial charge in [0.05, 0.1) is 19.6 Å². The first-order chi connectivity index (χ1) is 10.0. The summed E-state index contributed by atoms with van der Waals surface area (Å²) >= 11 is 0. The van der Waals surface area contributed by atoms with Crippen LogP contribution in [0, 0.1) is 11.8 Å². The number of methoxy groups -OCH3 is 1. The monoisotopic (exact) mass is 301 g/mol. The number of hydrogen-bond donors (Lipinski definition) is 2. The SMILES string of the molecule is CCNC(=NCC(C)C(=O)OC)NCCCOCC(C)C. The summed E-state index contributed by atoms with van der Waals surface area (Å²) in [5, 5.41) is 6.38. The number of esters is 1. The third-order valence-electron chi connectivity index (χ3n) is 2.68. The lowest BCUT2D eigenvalue weighted by molar-refractivity contribution is -0.144. The van der Waals surface area contributed by atoms with Crippen molar-refractivity contribution in [2.45, 2.75) is 34.1 Å². The highest BCUT2D eigenvalue weighted by atomic mass is 16.5. The van der Waals surface area contributed by atoms with E-state index in [1.54, 1.807) is 6.92 Å². The zero-order chi connectivity index (χ0) is 16.1. The van der Waals surface area contributed by atoms with Crippen molar-refractivity contribution in [1.82, 2.24) is 10.6 Å². The molecule has 0 spiro atoms. The van der Waals surface area contributed by atoms with E-state index in [2.05, 4.69) is 34.2 Å². The number of carbonyl (C=O) groups excluding carboxylic acids is 1. The van der Waals surface area contributed by atoms with E-state index >= 15 is 0 Å². The molecular formula is C15H31N3O3. The summed E-state index contributed by atoms with van der Waals surface area (Å²) in [6.45, 7) is 11.6. The summed E-state index contributed by atoms with van der Waals surface area (Å²) in [6.07, 6.45) is 0.920. The molecule has 6 nitrogen and oxygen atoms in total. The average Bonchev–Trinajstić information content (AvgIpc) is 2.46. The fraction of sp³-hybridized carbons (Fsp3) is 0.867. The Morgan fingerprint density at radius 2 is 1.95 bits per heavy atom. The largest absolute Gasteiger partial charge is 0.469 e. The highest BCUT2D eigenvalue weighted by molar-refractivity contribution is 5.80. The summed E-state index contributed by atoms with van der Waals surface area (Å²) in [5.41, 5.74) is 0. The molecule has 124 valence electrons. The lowest BCUT2D eigenvalue weighted by atomic mass is 10.2. The standard InChI is InChI=1S/C15H31N3O3/c1-6-16-15(18-10-13(4)14(19)20-5)17-8-7-9-21-11-12(2)3/h12-13H,6-11H2,1-5H3,(H2,16,17,18). The van der Waals surface area contributed by atoms with Crippen LogP contribution in [0.4, 0.5) is 0 Å². The van der Waals surface area contributed by atoms with Crippen LogP contribution in [0.1, 0.15) is 34.1 Å². The van der Waals surface area contributed by atoms with Gasteiger partial charge in [0, 0.05) is 26.3 Å². The molecule has 1 unspecified atom stereocenters. The van der Waals surface area contributed by atoms with Crippen LogP contribution in [0.15, 0.2) is 4.99 Å². The van der Waals surface area contributed by atoms with E-state index in [0.717, 1.165) is 38.7 Å². The Morgan fingerprint density at radius 3 is 2.52 bits per heavy atom. The van der Waals surface area contributed by atoms with Crippen LogP contribution >= 0.6 is 0 Å². The molecule has 6 heteroatoms. The summed E-state index contributed by atoms with van der Waals surface area (Å²) in [5.74, 6) is 0.810. The maximum atomic E-state index is 11.3. The highest BCUT2D eigenvalue weighted by Gasteiger charge is 2.12. The molecule has 0 rings (SSSR count). The van der Waals surface area contributed by atoms with Crippen LogP contribution < -0.4 is 10.6 Å². The molecular weight excluding hydrogens is 270 g/mol. The van der Waals surface area contributed by atoms with E-state index in [1.165, 1.54) is 7.11 Å². The molecule has 0 heterocycles. The minimum Gasteiger partial charge on any atom is -0.469 e. The molecule has 0 radical (unpaired) electrons. The van der Waals surface area contributed by atoms with Gasteiger partial charge in [-0.3, -0.25) is 9.79 Å². The molecule has 0 saturated carbocycles. The predicted octanol–water partition coefficient (Wildman–Crippen LogP) is 1.41. The van der Waals surface area contributed by atoms with Gasteiger partial charge in [-0.25, -0.2) is 0 Å². The van der Waals surface area contributed by atoms with Gasteiger partial charge in [0.1, 0.15) is 0 Å². The van der Waals surface area contributed by atoms with Gasteiger partial charge in [-0.2, -0.15) is 0 Å². The van der Waals surface area contributed by atoms with Crippen molar-refractivity contribution in [1.29, 1.82) is 0 Å². The number of nitrogens with one attached hydrogen (secondary N) is 2. The Labute approximate surface area is 128 Å². The van der Waals surface area contributed by atoms with E-state index in [0.29, 0.717) is 12.5 Å². The van der Waals surface area contributed by atoms with Crippen molar-refractivity contribution < 1.29 is 14.3 Å². The first kappa shape index (κ1) is 19.7. The Morgan fingerprint density at radius 1 is 1.24 bits per heavy atom. The molecule has 0 bridgehead atoms. The normalized spacial score (nSPS) is 13.1. The maximum Gasteiger partial charge on any atom is 0.310 e. The number of rotatable bonds is 10. The molecule has 1 atom stereocenters. The maximum absolute atomic E-state index is 11.3. The van der Waals surface area contributed by atoms with Gasteiger partial charge in [0.25, 0.3) is 0 Å². The molecule has 2 N–H and O–H groups in total. The van der Waals surface area contributed by atoms with Gasteiger partial charge in [-0.05, 0) is 19.3 Å². The Bertz CT molecular complexity index is 307. The number of ether oxygens (including phenoxy) is 2. The van der Waals surface area contributed by atoms with Crippen molar-refractivity contribution in [2.75, 3.05) is 40.0 Å². The number of nitrogens with zero attached hydrogens (tertiary/aromatic N) is 1. The van der Waals surface area contributed by atoms with E-state index in [9.17, 15) is 4.79 Å². The van der Waals surface area contributed by atoms with Gasteiger partial charge >= 0.3 is 5.97 Å². The lowest BCUT2D eigenvalue weighted by Gasteiger charge is -2.13. The molecule has 21 heavy (non-hydrogen) atoms. The van der Waals surface area contributed by atoms with E-state index in [-0.39, 0.29) is 11.9 Å². The first-order valence-electron chi connectivity index (χ1n) is 7.69. The van der Waals surface area contributed by atoms with E-state index in [4.69, 9.17) is 4.74 Å². The second-order valence-electron chi connectivity index (χ2n) is 5.39. The molecule has 0 aromatic carbocycles. The Balaban J connectivity index is 3.98. The van der Waals surface area contributed by atoms with Crippen LogP contribution in [0.2, 0.25) is 0 Å². The predicted molar refractivity (Wildman–Crippen MR) is 85.4 cm³/mol. The van der Waals surface area contributed by atoms with Crippen molar-refractivity contribution in [3.63, 3.8) is 0 Å². The molecule has 0 aromatic heterocycles. The van der Waals surface area contributed by atoms with Crippen LogP contribution in [0.25, 0.3) is 0 Å². The van der Waals surface area contributed by atoms with Crippen LogP contribution in [0.5, 0.6) is 0 Å². The zero-order valence-electron chi connectivity index (χ0n) is 14.1. The quantitative estimate of drug-likeness (QED) is 0.276. The Hall–Kier alpha value is -1.30.